The summed E-state index contributed by atoms with van der Waals surface area (Å²) in [7, 11) is 0. The highest BCUT2D eigenvalue weighted by Crippen LogP contribution is 2.36. The van der Waals surface area contributed by atoms with Crippen molar-refractivity contribution in [3.05, 3.63) is 58.7 Å². The van der Waals surface area contributed by atoms with Crippen molar-refractivity contribution >= 4 is 11.7 Å². The van der Waals surface area contributed by atoms with Gasteiger partial charge in [0.15, 0.2) is 5.76 Å². The molecule has 0 bridgehead atoms. The third-order valence-corrected chi connectivity index (χ3v) is 4.41. The van der Waals surface area contributed by atoms with Crippen LogP contribution in [0.1, 0.15) is 24.4 Å². The highest BCUT2D eigenvalue weighted by molar-refractivity contribution is 5.89. The maximum Gasteiger partial charge on any atom is 0.346 e. The Labute approximate surface area is 155 Å². The van der Waals surface area contributed by atoms with Crippen LogP contribution in [-0.2, 0) is 6.54 Å². The van der Waals surface area contributed by atoms with Gasteiger partial charge < -0.3 is 15.1 Å². The number of furan rings is 1. The summed E-state index contributed by atoms with van der Waals surface area (Å²) in [6, 6.07) is 11.0. The molecule has 0 unspecified atom stereocenters. The maximum atomic E-state index is 12.7. The zero-order valence-corrected chi connectivity index (χ0v) is 15.0. The van der Waals surface area contributed by atoms with E-state index in [9.17, 15) is 9.59 Å². The molecule has 1 saturated carbocycles. The van der Waals surface area contributed by atoms with E-state index in [1.54, 1.807) is 23.0 Å². The Morgan fingerprint density at radius 2 is 2.15 bits per heavy atom. The normalized spacial score (nSPS) is 13.5. The number of carbonyl (C=O) groups excluding carboxylic acids is 1. The van der Waals surface area contributed by atoms with Gasteiger partial charge in [-0.25, -0.2) is 14.3 Å². The molecular formula is C19H21N5O3. The van der Waals surface area contributed by atoms with Crippen LogP contribution in [0.3, 0.4) is 0 Å². The molecule has 1 aliphatic carbocycles. The molecule has 8 heteroatoms. The van der Waals surface area contributed by atoms with Gasteiger partial charge in [-0.15, -0.1) is 5.10 Å². The summed E-state index contributed by atoms with van der Waals surface area (Å²) in [5.74, 6) is 1.11. The minimum absolute atomic E-state index is 0.176. The monoisotopic (exact) mass is 367 g/mol. The SMILES string of the molecule is Cc1cccc(NC(=O)NCCn2nc(-c3ccco3)n(C3CC3)c2=O)c1. The van der Waals surface area contributed by atoms with Crippen molar-refractivity contribution in [2.75, 3.05) is 11.9 Å². The first-order chi connectivity index (χ1) is 13.1. The van der Waals surface area contributed by atoms with Crippen molar-refractivity contribution in [3.63, 3.8) is 0 Å². The molecule has 2 aromatic heterocycles. The minimum Gasteiger partial charge on any atom is -0.461 e. The zero-order valence-electron chi connectivity index (χ0n) is 15.0. The second kappa shape index (κ2) is 7.14. The van der Waals surface area contributed by atoms with Gasteiger partial charge in [0.2, 0.25) is 5.82 Å². The Morgan fingerprint density at radius 3 is 2.85 bits per heavy atom. The first-order valence-electron chi connectivity index (χ1n) is 8.96. The fourth-order valence-electron chi connectivity index (χ4n) is 2.97. The first-order valence-corrected chi connectivity index (χ1v) is 8.96. The third kappa shape index (κ3) is 3.79. The molecule has 2 amide bonds. The van der Waals surface area contributed by atoms with E-state index in [-0.39, 0.29) is 30.9 Å². The van der Waals surface area contributed by atoms with Gasteiger partial charge >= 0.3 is 11.7 Å². The van der Waals surface area contributed by atoms with Gasteiger partial charge in [0, 0.05) is 18.3 Å². The molecule has 2 heterocycles. The van der Waals surface area contributed by atoms with Crippen LogP contribution < -0.4 is 16.3 Å². The van der Waals surface area contributed by atoms with Crippen molar-refractivity contribution in [3.8, 4) is 11.6 Å². The molecule has 0 spiro atoms. The number of benzene rings is 1. The minimum atomic E-state index is -0.318. The van der Waals surface area contributed by atoms with Gasteiger partial charge in [-0.3, -0.25) is 4.57 Å². The zero-order chi connectivity index (χ0) is 18.8. The Bertz CT molecular complexity index is 999. The molecule has 3 aromatic rings. The summed E-state index contributed by atoms with van der Waals surface area (Å²) in [5.41, 5.74) is 1.61. The van der Waals surface area contributed by atoms with Gasteiger partial charge in [-0.1, -0.05) is 12.1 Å². The molecule has 8 nitrogen and oxygen atoms in total. The molecule has 0 aliphatic heterocycles. The molecule has 0 saturated heterocycles. The Kier molecular flexibility index (Phi) is 4.53. The Morgan fingerprint density at radius 1 is 1.30 bits per heavy atom. The number of nitrogens with one attached hydrogen (secondary N) is 2. The number of nitrogens with zero attached hydrogens (tertiary/aromatic N) is 3. The lowest BCUT2D eigenvalue weighted by atomic mass is 10.2. The first kappa shape index (κ1) is 17.1. The molecule has 1 aromatic carbocycles. The molecule has 140 valence electrons. The van der Waals surface area contributed by atoms with Crippen molar-refractivity contribution in [2.45, 2.75) is 32.4 Å². The van der Waals surface area contributed by atoms with E-state index in [0.29, 0.717) is 11.6 Å². The second-order valence-corrected chi connectivity index (χ2v) is 6.66. The lowest BCUT2D eigenvalue weighted by Crippen LogP contribution is -2.34. The highest BCUT2D eigenvalue weighted by Gasteiger charge is 2.31. The third-order valence-electron chi connectivity index (χ3n) is 4.41. The summed E-state index contributed by atoms with van der Waals surface area (Å²) < 4.78 is 8.47. The number of anilines is 1. The quantitative estimate of drug-likeness (QED) is 0.700. The molecule has 4 rings (SSSR count). The van der Waals surface area contributed by atoms with Crippen molar-refractivity contribution in [2.24, 2.45) is 0 Å². The lowest BCUT2D eigenvalue weighted by Gasteiger charge is -2.07. The fourth-order valence-corrected chi connectivity index (χ4v) is 2.97. The maximum absolute atomic E-state index is 12.7. The van der Waals surface area contributed by atoms with Crippen LogP contribution in [0.25, 0.3) is 11.6 Å². The summed E-state index contributed by atoms with van der Waals surface area (Å²) in [6.45, 7) is 2.53. The van der Waals surface area contributed by atoms with Crippen LogP contribution in [-0.4, -0.2) is 26.9 Å². The van der Waals surface area contributed by atoms with E-state index in [4.69, 9.17) is 4.42 Å². The highest BCUT2D eigenvalue weighted by atomic mass is 16.3. The van der Waals surface area contributed by atoms with Crippen LogP contribution in [0.15, 0.2) is 51.9 Å². The smallest absolute Gasteiger partial charge is 0.346 e. The molecule has 1 fully saturated rings. The number of carbonyl (C=O) groups is 1. The number of aryl methyl sites for hydroxylation is 1. The molecule has 2 N–H and O–H groups in total. The van der Waals surface area contributed by atoms with Crippen molar-refractivity contribution in [1.29, 1.82) is 0 Å². The Balaban J connectivity index is 1.41. The van der Waals surface area contributed by atoms with E-state index in [2.05, 4.69) is 15.7 Å². The van der Waals surface area contributed by atoms with Crippen LogP contribution in [0.4, 0.5) is 10.5 Å². The van der Waals surface area contributed by atoms with Gasteiger partial charge in [0.1, 0.15) is 0 Å². The number of urea groups is 1. The van der Waals surface area contributed by atoms with Crippen LogP contribution in [0.2, 0.25) is 0 Å². The standard InChI is InChI=1S/C19H21N5O3/c1-13-4-2-5-14(12-13)21-18(25)20-9-10-23-19(26)24(15-7-8-15)17(22-23)16-6-3-11-27-16/h2-6,11-12,15H,7-10H2,1H3,(H2,20,21,25). The number of hydrogen-bond acceptors (Lipinski definition) is 4. The number of amides is 2. The summed E-state index contributed by atoms with van der Waals surface area (Å²) in [5, 5.41) is 9.93. The van der Waals surface area contributed by atoms with Crippen molar-refractivity contribution < 1.29 is 9.21 Å². The van der Waals surface area contributed by atoms with Gasteiger partial charge in [0.25, 0.3) is 0 Å². The average Bonchev–Trinajstić information content (AvgIpc) is 3.21. The predicted molar refractivity (Wildman–Crippen MR) is 101 cm³/mol. The number of aromatic nitrogens is 3. The van der Waals surface area contributed by atoms with Gasteiger partial charge in [-0.2, -0.15) is 0 Å². The fraction of sp³-hybridized carbons (Fsp3) is 0.316. The van der Waals surface area contributed by atoms with E-state index >= 15 is 0 Å². The van der Waals surface area contributed by atoms with E-state index in [0.717, 1.165) is 24.1 Å². The number of hydrogen-bond donors (Lipinski definition) is 2. The molecule has 0 radical (unpaired) electrons. The van der Waals surface area contributed by atoms with E-state index < -0.39 is 0 Å². The van der Waals surface area contributed by atoms with Gasteiger partial charge in [-0.05, 0) is 49.6 Å². The largest absolute Gasteiger partial charge is 0.461 e. The van der Waals surface area contributed by atoms with E-state index in [1.165, 1.54) is 4.68 Å². The predicted octanol–water partition coefficient (Wildman–Crippen LogP) is 2.77. The number of rotatable bonds is 6. The summed E-state index contributed by atoms with van der Waals surface area (Å²) in [6.07, 6.45) is 3.50. The summed E-state index contributed by atoms with van der Waals surface area (Å²) in [4.78, 5) is 24.7. The van der Waals surface area contributed by atoms with Crippen LogP contribution in [0, 0.1) is 6.92 Å². The average molecular weight is 367 g/mol. The molecule has 0 atom stereocenters. The molecule has 27 heavy (non-hydrogen) atoms. The van der Waals surface area contributed by atoms with Crippen LogP contribution in [0.5, 0.6) is 0 Å². The molecular weight excluding hydrogens is 346 g/mol. The lowest BCUT2D eigenvalue weighted by molar-refractivity contribution is 0.251. The van der Waals surface area contributed by atoms with Crippen LogP contribution >= 0.6 is 0 Å². The van der Waals surface area contributed by atoms with E-state index in [1.807, 2.05) is 31.2 Å². The summed E-state index contributed by atoms with van der Waals surface area (Å²) >= 11 is 0. The second-order valence-electron chi connectivity index (χ2n) is 6.66. The Hall–Kier alpha value is -3.29. The topological polar surface area (TPSA) is 94.1 Å². The van der Waals surface area contributed by atoms with Crippen molar-refractivity contribution in [1.82, 2.24) is 19.7 Å². The van der Waals surface area contributed by atoms with Gasteiger partial charge in [0.05, 0.1) is 12.8 Å². The molecule has 1 aliphatic rings.